The van der Waals surface area contributed by atoms with Gasteiger partial charge in [-0.3, -0.25) is 4.79 Å². The predicted octanol–water partition coefficient (Wildman–Crippen LogP) is 4.65. The van der Waals surface area contributed by atoms with Gasteiger partial charge in [-0.05, 0) is 49.1 Å². The van der Waals surface area contributed by atoms with E-state index >= 15 is 4.39 Å². The highest BCUT2D eigenvalue weighted by molar-refractivity contribution is 6.30. The Kier molecular flexibility index (Phi) is 7.95. The number of aromatic nitrogens is 2. The summed E-state index contributed by atoms with van der Waals surface area (Å²) < 4.78 is 20.6. The van der Waals surface area contributed by atoms with Gasteiger partial charge in [0.1, 0.15) is 17.3 Å². The fourth-order valence-corrected chi connectivity index (χ4v) is 4.69. The van der Waals surface area contributed by atoms with E-state index in [1.54, 1.807) is 43.6 Å². The number of halogens is 2. The molecule has 2 aromatic carbocycles. The minimum Gasteiger partial charge on any atom is -0.394 e. The molecule has 0 saturated heterocycles. The summed E-state index contributed by atoms with van der Waals surface area (Å²) in [5, 5.41) is 12.9. The van der Waals surface area contributed by atoms with Gasteiger partial charge in [0.25, 0.3) is 5.91 Å². The smallest absolute Gasteiger partial charge is 0.254 e. The standard InChI is InChI=1S/C26H28ClFN4O3/c1-35-19-7-3-5-16(11-19)22-13-30-25(29)24(31-22)17-8-9-20(21(28)12-17)26(34)32-23(14-33)15-4-2-6-18(27)10-15/h2,4,6,8-10,12-13,16,19,23,33H,3,5,7,11,14H2,1H3,(H2,29,30)(H,32,34)/t16?,19-,23+/m0/s1. The molecule has 7 nitrogen and oxygen atoms in total. The van der Waals surface area contributed by atoms with Crippen molar-refractivity contribution in [2.45, 2.75) is 43.7 Å². The molecule has 1 unspecified atom stereocenters. The van der Waals surface area contributed by atoms with Crippen LogP contribution >= 0.6 is 11.6 Å². The van der Waals surface area contributed by atoms with E-state index in [4.69, 9.17) is 27.1 Å². The molecule has 1 aliphatic carbocycles. The normalized spacial score (nSPS) is 18.7. The second-order valence-electron chi connectivity index (χ2n) is 8.71. The average molecular weight is 499 g/mol. The maximum atomic E-state index is 15.0. The Bertz CT molecular complexity index is 1210. The van der Waals surface area contributed by atoms with Gasteiger partial charge < -0.3 is 20.9 Å². The maximum absolute atomic E-state index is 15.0. The van der Waals surface area contributed by atoms with Crippen LogP contribution in [-0.4, -0.2) is 40.8 Å². The van der Waals surface area contributed by atoms with E-state index in [0.29, 0.717) is 21.8 Å². The van der Waals surface area contributed by atoms with Crippen molar-refractivity contribution >= 4 is 23.3 Å². The molecule has 1 amide bonds. The Morgan fingerprint density at radius 1 is 1.31 bits per heavy atom. The van der Waals surface area contributed by atoms with E-state index in [2.05, 4.69) is 10.3 Å². The Balaban J connectivity index is 1.55. The van der Waals surface area contributed by atoms with Gasteiger partial charge in [-0.2, -0.15) is 0 Å². The van der Waals surface area contributed by atoms with Crippen LogP contribution in [0.5, 0.6) is 0 Å². The Hall–Kier alpha value is -3.07. The number of nitrogen functional groups attached to an aromatic ring is 1. The molecule has 1 heterocycles. The van der Waals surface area contributed by atoms with Crippen molar-refractivity contribution in [2.24, 2.45) is 0 Å². The largest absolute Gasteiger partial charge is 0.394 e. The van der Waals surface area contributed by atoms with Crippen LogP contribution in [0.15, 0.2) is 48.7 Å². The molecule has 1 fully saturated rings. The summed E-state index contributed by atoms with van der Waals surface area (Å²) in [6, 6.07) is 10.2. The number of anilines is 1. The van der Waals surface area contributed by atoms with Crippen molar-refractivity contribution in [1.82, 2.24) is 15.3 Å². The van der Waals surface area contributed by atoms with Crippen LogP contribution in [-0.2, 0) is 4.74 Å². The number of nitrogens with one attached hydrogen (secondary N) is 1. The van der Waals surface area contributed by atoms with Crippen LogP contribution in [0.25, 0.3) is 11.3 Å². The van der Waals surface area contributed by atoms with Crippen LogP contribution in [0.4, 0.5) is 10.2 Å². The number of hydrogen-bond acceptors (Lipinski definition) is 6. The Morgan fingerprint density at radius 3 is 2.86 bits per heavy atom. The highest BCUT2D eigenvalue weighted by Crippen LogP contribution is 2.35. The lowest BCUT2D eigenvalue weighted by Crippen LogP contribution is -2.31. The summed E-state index contributed by atoms with van der Waals surface area (Å²) in [5.41, 5.74) is 8.13. The molecule has 4 N–H and O–H groups in total. The zero-order valence-electron chi connectivity index (χ0n) is 19.4. The first-order valence-corrected chi connectivity index (χ1v) is 11.9. The molecule has 1 aromatic heterocycles. The highest BCUT2D eigenvalue weighted by atomic mass is 35.5. The third-order valence-electron chi connectivity index (χ3n) is 6.42. The van der Waals surface area contributed by atoms with Gasteiger partial charge in [0.15, 0.2) is 0 Å². The van der Waals surface area contributed by atoms with Crippen molar-refractivity contribution in [3.8, 4) is 11.3 Å². The Morgan fingerprint density at radius 2 is 2.14 bits per heavy atom. The molecular formula is C26H28ClFN4O3. The molecule has 3 aromatic rings. The summed E-state index contributed by atoms with van der Waals surface area (Å²) in [6.07, 6.45) is 5.73. The van der Waals surface area contributed by atoms with E-state index in [0.717, 1.165) is 31.4 Å². The zero-order chi connectivity index (χ0) is 24.9. The number of rotatable bonds is 7. The fraction of sp³-hybridized carbons (Fsp3) is 0.346. The molecular weight excluding hydrogens is 471 g/mol. The van der Waals surface area contributed by atoms with Gasteiger partial charge >= 0.3 is 0 Å². The number of carbonyl (C=O) groups is 1. The summed E-state index contributed by atoms with van der Waals surface area (Å²) in [4.78, 5) is 21.8. The zero-order valence-corrected chi connectivity index (χ0v) is 20.1. The van der Waals surface area contributed by atoms with E-state index < -0.39 is 17.8 Å². The molecule has 1 aliphatic rings. The van der Waals surface area contributed by atoms with Crippen molar-refractivity contribution in [3.05, 3.63) is 76.3 Å². The minimum atomic E-state index is -0.732. The van der Waals surface area contributed by atoms with Crippen LogP contribution in [0.3, 0.4) is 0 Å². The molecule has 1 saturated carbocycles. The van der Waals surface area contributed by atoms with Crippen molar-refractivity contribution < 1.29 is 19.0 Å². The van der Waals surface area contributed by atoms with E-state index in [-0.39, 0.29) is 30.0 Å². The van der Waals surface area contributed by atoms with E-state index in [9.17, 15) is 9.90 Å². The summed E-state index contributed by atoms with van der Waals surface area (Å²) >= 11 is 6.01. The van der Waals surface area contributed by atoms with Gasteiger partial charge in [-0.25, -0.2) is 14.4 Å². The lowest BCUT2D eigenvalue weighted by Gasteiger charge is -2.27. The lowest BCUT2D eigenvalue weighted by atomic mass is 9.85. The first kappa shape index (κ1) is 25.0. The molecule has 0 spiro atoms. The molecule has 0 radical (unpaired) electrons. The SMILES string of the molecule is CO[C@H]1CCCC(c2cnc(N)c(-c3ccc(C(=O)N[C@H](CO)c4cccc(Cl)c4)c(F)c3)n2)C1. The second-order valence-corrected chi connectivity index (χ2v) is 9.14. The molecule has 9 heteroatoms. The molecule has 184 valence electrons. The number of amides is 1. The quantitative estimate of drug-likeness (QED) is 0.437. The number of hydrogen-bond donors (Lipinski definition) is 3. The van der Waals surface area contributed by atoms with Crippen molar-refractivity contribution in [1.29, 1.82) is 0 Å². The van der Waals surface area contributed by atoms with Crippen LogP contribution in [0.1, 0.15) is 59.3 Å². The number of aliphatic hydroxyl groups excluding tert-OH is 1. The maximum Gasteiger partial charge on any atom is 0.254 e. The number of benzene rings is 2. The van der Waals surface area contributed by atoms with Gasteiger partial charge in [0, 0.05) is 23.6 Å². The van der Waals surface area contributed by atoms with E-state index in [1.807, 2.05) is 0 Å². The summed E-state index contributed by atoms with van der Waals surface area (Å²) in [7, 11) is 1.71. The lowest BCUT2D eigenvalue weighted by molar-refractivity contribution is 0.0630. The monoisotopic (exact) mass is 498 g/mol. The number of carbonyl (C=O) groups excluding carboxylic acids is 1. The fourth-order valence-electron chi connectivity index (χ4n) is 4.49. The van der Waals surface area contributed by atoms with Gasteiger partial charge in [-0.15, -0.1) is 0 Å². The third kappa shape index (κ3) is 5.78. The van der Waals surface area contributed by atoms with Crippen molar-refractivity contribution in [2.75, 3.05) is 19.5 Å². The number of nitrogens with two attached hydrogens (primary N) is 1. The Labute approximate surface area is 208 Å². The average Bonchev–Trinajstić information content (AvgIpc) is 2.87. The van der Waals surface area contributed by atoms with Gasteiger partial charge in [-0.1, -0.05) is 36.2 Å². The predicted molar refractivity (Wildman–Crippen MR) is 133 cm³/mol. The number of ether oxygens (including phenoxy) is 1. The first-order chi connectivity index (χ1) is 16.9. The van der Waals surface area contributed by atoms with Gasteiger partial charge in [0.2, 0.25) is 0 Å². The molecule has 0 aliphatic heterocycles. The second kappa shape index (κ2) is 11.1. The van der Waals surface area contributed by atoms with Crippen molar-refractivity contribution in [3.63, 3.8) is 0 Å². The highest BCUT2D eigenvalue weighted by Gasteiger charge is 2.25. The molecule has 0 bridgehead atoms. The van der Waals surface area contributed by atoms with Crippen LogP contribution in [0, 0.1) is 5.82 Å². The molecule has 3 atom stereocenters. The topological polar surface area (TPSA) is 110 Å². The van der Waals surface area contributed by atoms with Crippen LogP contribution in [0.2, 0.25) is 5.02 Å². The number of aliphatic hydroxyl groups is 1. The first-order valence-electron chi connectivity index (χ1n) is 11.5. The summed E-state index contributed by atoms with van der Waals surface area (Å²) in [5.74, 6) is -1.01. The third-order valence-corrected chi connectivity index (χ3v) is 6.66. The minimum absolute atomic E-state index is 0.160. The number of nitrogens with zero attached hydrogens (tertiary/aromatic N) is 2. The molecule has 4 rings (SSSR count). The molecule has 35 heavy (non-hydrogen) atoms. The summed E-state index contributed by atoms with van der Waals surface area (Å²) in [6.45, 7) is -0.365. The number of methoxy groups -OCH3 is 1. The van der Waals surface area contributed by atoms with E-state index in [1.165, 1.54) is 12.1 Å². The van der Waals surface area contributed by atoms with Crippen LogP contribution < -0.4 is 11.1 Å². The van der Waals surface area contributed by atoms with Gasteiger partial charge in [0.05, 0.1) is 36.2 Å².